The van der Waals surface area contributed by atoms with Gasteiger partial charge in [0.2, 0.25) is 5.95 Å². The van der Waals surface area contributed by atoms with Crippen molar-refractivity contribution in [3.63, 3.8) is 0 Å². The zero-order valence-corrected chi connectivity index (χ0v) is 12.2. The Bertz CT molecular complexity index is 655. The lowest BCUT2D eigenvalue weighted by atomic mass is 10.1. The van der Waals surface area contributed by atoms with Crippen LogP contribution in [-0.4, -0.2) is 42.2 Å². The molecule has 1 aromatic carbocycles. The number of aromatic nitrogens is 2. The summed E-state index contributed by atoms with van der Waals surface area (Å²) >= 11 is 0. The Labute approximate surface area is 123 Å². The minimum atomic E-state index is 0.0549. The summed E-state index contributed by atoms with van der Waals surface area (Å²) in [5, 5.41) is 12.0. The summed E-state index contributed by atoms with van der Waals surface area (Å²) in [6.45, 7) is 0. The Hall–Kier alpha value is -2.83. The molecule has 0 aliphatic rings. The average molecular weight is 286 g/mol. The van der Waals surface area contributed by atoms with Gasteiger partial charge in [0.1, 0.15) is 5.82 Å². The zero-order valence-electron chi connectivity index (χ0n) is 12.2. The first kappa shape index (κ1) is 14.6. The third kappa shape index (κ3) is 3.02. The molecule has 0 aliphatic heterocycles. The molecule has 0 unspecified atom stereocenters. The van der Waals surface area contributed by atoms with Crippen molar-refractivity contribution in [3.8, 4) is 0 Å². The van der Waals surface area contributed by atoms with Crippen LogP contribution in [0.2, 0.25) is 0 Å². The number of para-hydroxylation sites is 1. The van der Waals surface area contributed by atoms with E-state index in [9.17, 15) is 0 Å². The Morgan fingerprint density at radius 3 is 2.57 bits per heavy atom. The van der Waals surface area contributed by atoms with Gasteiger partial charge in [-0.2, -0.15) is 4.98 Å². The van der Waals surface area contributed by atoms with E-state index in [4.69, 9.17) is 10.9 Å². The molecule has 0 spiro atoms. The normalized spacial score (nSPS) is 11.3. The standard InChI is InChI=1S/C14H18N6O/c1-19(2)14-16-9-8-12(17-14)20(3)11-7-5-4-6-10(11)13(15)18-21/h4-9,21H,1-3H3,(H2,15,18). The molecule has 2 rings (SSSR count). The maximum absolute atomic E-state index is 8.89. The SMILES string of the molecule is CN(C)c1nccc(N(C)c2ccccc2/C(N)=N/O)n1. The van der Waals surface area contributed by atoms with Gasteiger partial charge in [-0.15, -0.1) is 0 Å². The van der Waals surface area contributed by atoms with Crippen LogP contribution < -0.4 is 15.5 Å². The number of hydrogen-bond acceptors (Lipinski definition) is 6. The summed E-state index contributed by atoms with van der Waals surface area (Å²) in [5.41, 5.74) is 7.14. The molecule has 0 aliphatic carbocycles. The van der Waals surface area contributed by atoms with Crippen LogP contribution in [-0.2, 0) is 0 Å². The van der Waals surface area contributed by atoms with Gasteiger partial charge in [-0.05, 0) is 18.2 Å². The van der Waals surface area contributed by atoms with Gasteiger partial charge in [-0.3, -0.25) is 0 Å². The van der Waals surface area contributed by atoms with Gasteiger partial charge >= 0.3 is 0 Å². The predicted molar refractivity (Wildman–Crippen MR) is 83.4 cm³/mol. The number of oxime groups is 1. The van der Waals surface area contributed by atoms with E-state index in [-0.39, 0.29) is 5.84 Å². The Morgan fingerprint density at radius 1 is 1.19 bits per heavy atom. The van der Waals surface area contributed by atoms with Gasteiger partial charge in [0.25, 0.3) is 0 Å². The van der Waals surface area contributed by atoms with Crippen LogP contribution in [0.25, 0.3) is 0 Å². The molecule has 0 fully saturated rings. The fourth-order valence-electron chi connectivity index (χ4n) is 1.90. The minimum absolute atomic E-state index is 0.0549. The summed E-state index contributed by atoms with van der Waals surface area (Å²) in [5.74, 6) is 1.38. The molecule has 1 heterocycles. The van der Waals surface area contributed by atoms with Crippen molar-refractivity contribution in [2.45, 2.75) is 0 Å². The van der Waals surface area contributed by atoms with E-state index < -0.39 is 0 Å². The van der Waals surface area contributed by atoms with Gasteiger partial charge in [0, 0.05) is 32.9 Å². The fourth-order valence-corrected chi connectivity index (χ4v) is 1.90. The molecule has 0 radical (unpaired) electrons. The fraction of sp³-hybridized carbons (Fsp3) is 0.214. The molecule has 2 aromatic rings. The second-order valence-corrected chi connectivity index (χ2v) is 4.67. The van der Waals surface area contributed by atoms with Gasteiger partial charge in [-0.25, -0.2) is 4.98 Å². The molecule has 1 aromatic heterocycles. The van der Waals surface area contributed by atoms with E-state index in [1.54, 1.807) is 18.3 Å². The van der Waals surface area contributed by atoms with E-state index in [0.29, 0.717) is 17.3 Å². The summed E-state index contributed by atoms with van der Waals surface area (Å²) in [4.78, 5) is 12.4. The van der Waals surface area contributed by atoms with Crippen molar-refractivity contribution >= 4 is 23.3 Å². The molecule has 0 saturated heterocycles. The number of nitrogens with zero attached hydrogens (tertiary/aromatic N) is 5. The van der Waals surface area contributed by atoms with Gasteiger partial charge in [0.15, 0.2) is 5.84 Å². The number of nitrogens with two attached hydrogens (primary N) is 1. The molecular formula is C14H18N6O. The van der Waals surface area contributed by atoms with Crippen molar-refractivity contribution in [1.29, 1.82) is 0 Å². The maximum atomic E-state index is 8.89. The first-order chi connectivity index (χ1) is 10.0. The van der Waals surface area contributed by atoms with Crippen LogP contribution in [0.1, 0.15) is 5.56 Å². The van der Waals surface area contributed by atoms with Crippen molar-refractivity contribution in [3.05, 3.63) is 42.1 Å². The third-order valence-electron chi connectivity index (χ3n) is 3.02. The quantitative estimate of drug-likeness (QED) is 0.382. The highest BCUT2D eigenvalue weighted by atomic mass is 16.4. The third-order valence-corrected chi connectivity index (χ3v) is 3.02. The summed E-state index contributed by atoms with van der Waals surface area (Å²) < 4.78 is 0. The molecular weight excluding hydrogens is 268 g/mol. The monoisotopic (exact) mass is 286 g/mol. The summed E-state index contributed by atoms with van der Waals surface area (Å²) in [6, 6.07) is 9.18. The number of amidine groups is 1. The van der Waals surface area contributed by atoms with Crippen molar-refractivity contribution in [2.24, 2.45) is 10.9 Å². The van der Waals surface area contributed by atoms with Crippen LogP contribution in [0.4, 0.5) is 17.5 Å². The predicted octanol–water partition coefficient (Wildman–Crippen LogP) is 1.40. The van der Waals surface area contributed by atoms with E-state index in [1.165, 1.54) is 0 Å². The molecule has 110 valence electrons. The smallest absolute Gasteiger partial charge is 0.226 e. The topological polar surface area (TPSA) is 90.9 Å². The van der Waals surface area contributed by atoms with E-state index >= 15 is 0 Å². The molecule has 7 nitrogen and oxygen atoms in total. The average Bonchev–Trinajstić information content (AvgIpc) is 2.53. The highest BCUT2D eigenvalue weighted by Gasteiger charge is 2.13. The Kier molecular flexibility index (Phi) is 4.22. The van der Waals surface area contributed by atoms with Crippen LogP contribution in [0.5, 0.6) is 0 Å². The van der Waals surface area contributed by atoms with Crippen molar-refractivity contribution < 1.29 is 5.21 Å². The lowest BCUT2D eigenvalue weighted by Gasteiger charge is -2.22. The number of rotatable bonds is 4. The first-order valence-electron chi connectivity index (χ1n) is 6.35. The van der Waals surface area contributed by atoms with Crippen LogP contribution >= 0.6 is 0 Å². The highest BCUT2D eigenvalue weighted by molar-refractivity contribution is 6.02. The summed E-state index contributed by atoms with van der Waals surface area (Å²) in [7, 11) is 5.62. The van der Waals surface area contributed by atoms with Crippen LogP contribution in [0, 0.1) is 0 Å². The molecule has 0 saturated carbocycles. The lowest BCUT2D eigenvalue weighted by Crippen LogP contribution is -2.21. The first-order valence-corrected chi connectivity index (χ1v) is 6.35. The largest absolute Gasteiger partial charge is 0.409 e. The molecule has 0 amide bonds. The zero-order chi connectivity index (χ0) is 15.4. The van der Waals surface area contributed by atoms with Gasteiger partial charge in [-0.1, -0.05) is 17.3 Å². The molecule has 3 N–H and O–H groups in total. The minimum Gasteiger partial charge on any atom is -0.409 e. The highest BCUT2D eigenvalue weighted by Crippen LogP contribution is 2.26. The Balaban J connectivity index is 2.45. The van der Waals surface area contributed by atoms with E-state index in [1.807, 2.05) is 49.1 Å². The second-order valence-electron chi connectivity index (χ2n) is 4.67. The van der Waals surface area contributed by atoms with Crippen LogP contribution in [0.3, 0.4) is 0 Å². The lowest BCUT2D eigenvalue weighted by molar-refractivity contribution is 0.318. The maximum Gasteiger partial charge on any atom is 0.226 e. The van der Waals surface area contributed by atoms with Crippen molar-refractivity contribution in [1.82, 2.24) is 9.97 Å². The van der Waals surface area contributed by atoms with Gasteiger partial charge < -0.3 is 20.7 Å². The van der Waals surface area contributed by atoms with E-state index in [0.717, 1.165) is 5.69 Å². The number of benzene rings is 1. The number of hydrogen-bond donors (Lipinski definition) is 2. The molecule has 21 heavy (non-hydrogen) atoms. The molecule has 7 heteroatoms. The van der Waals surface area contributed by atoms with Crippen LogP contribution in [0.15, 0.2) is 41.7 Å². The van der Waals surface area contributed by atoms with Crippen molar-refractivity contribution in [2.75, 3.05) is 30.9 Å². The number of anilines is 3. The molecule has 0 bridgehead atoms. The Morgan fingerprint density at radius 2 is 1.90 bits per heavy atom. The molecule has 0 atom stereocenters. The second kappa shape index (κ2) is 6.08. The van der Waals surface area contributed by atoms with Gasteiger partial charge in [0.05, 0.1) is 5.69 Å². The summed E-state index contributed by atoms with van der Waals surface area (Å²) in [6.07, 6.45) is 1.69. The van der Waals surface area contributed by atoms with E-state index in [2.05, 4.69) is 15.1 Å².